The van der Waals surface area contributed by atoms with Gasteiger partial charge in [-0.25, -0.2) is 13.4 Å². The lowest BCUT2D eigenvalue weighted by Gasteiger charge is -2.05. The summed E-state index contributed by atoms with van der Waals surface area (Å²) in [5.41, 5.74) is 3.81. The van der Waals surface area contributed by atoms with Crippen LogP contribution in [0.2, 0.25) is 0 Å². The maximum Gasteiger partial charge on any atom is 0.226 e. The van der Waals surface area contributed by atoms with Crippen LogP contribution in [0.3, 0.4) is 0 Å². The van der Waals surface area contributed by atoms with E-state index in [4.69, 9.17) is 0 Å². The zero-order valence-electron chi connectivity index (χ0n) is 18.2. The number of anilines is 1. The van der Waals surface area contributed by atoms with E-state index < -0.39 is 9.84 Å². The number of sulfone groups is 1. The van der Waals surface area contributed by atoms with E-state index in [9.17, 15) is 13.2 Å². The number of amides is 1. The number of rotatable bonds is 8. The van der Waals surface area contributed by atoms with Crippen LogP contribution in [0.15, 0.2) is 89.8 Å². The number of aryl methyl sites for hydroxylation is 1. The maximum absolute atomic E-state index is 12.5. The fraction of sp³-hybridized carbons (Fsp3) is 0.154. The van der Waals surface area contributed by atoms with Crippen molar-refractivity contribution in [3.63, 3.8) is 0 Å². The van der Waals surface area contributed by atoms with E-state index in [0.717, 1.165) is 27.3 Å². The van der Waals surface area contributed by atoms with Gasteiger partial charge in [-0.3, -0.25) is 4.79 Å². The molecule has 3 aromatic carbocycles. The molecule has 1 amide bonds. The third kappa shape index (κ3) is 5.74. The van der Waals surface area contributed by atoms with E-state index >= 15 is 0 Å². The average Bonchev–Trinajstić information content (AvgIpc) is 3.24. The highest BCUT2D eigenvalue weighted by Crippen LogP contribution is 2.38. The molecule has 0 saturated heterocycles. The highest BCUT2D eigenvalue weighted by atomic mass is 32.2. The first kappa shape index (κ1) is 22.9. The first-order valence-electron chi connectivity index (χ1n) is 10.6. The number of thiazole rings is 1. The number of hydrogen-bond donors (Lipinski definition) is 1. The molecule has 1 aromatic heterocycles. The Morgan fingerprint density at radius 1 is 0.879 bits per heavy atom. The maximum atomic E-state index is 12.5. The van der Waals surface area contributed by atoms with Crippen molar-refractivity contribution in [2.45, 2.75) is 24.7 Å². The number of nitrogens with zero attached hydrogens (tertiary/aromatic N) is 1. The number of carbonyl (C=O) groups is 1. The summed E-state index contributed by atoms with van der Waals surface area (Å²) in [6.07, 6.45) is 0.344. The Labute approximate surface area is 198 Å². The largest absolute Gasteiger partial charge is 0.302 e. The second-order valence-corrected chi connectivity index (χ2v) is 10.8. The smallest absolute Gasteiger partial charge is 0.226 e. The van der Waals surface area contributed by atoms with Gasteiger partial charge < -0.3 is 5.32 Å². The lowest BCUT2D eigenvalue weighted by Crippen LogP contribution is -2.14. The number of nitrogens with one attached hydrogen (secondary N) is 1. The second-order valence-electron chi connectivity index (χ2n) is 7.71. The number of aromatic nitrogens is 1. The van der Waals surface area contributed by atoms with Crippen molar-refractivity contribution in [1.29, 1.82) is 0 Å². The van der Waals surface area contributed by atoms with Crippen molar-refractivity contribution in [1.82, 2.24) is 4.98 Å². The molecule has 0 aliphatic rings. The van der Waals surface area contributed by atoms with Gasteiger partial charge in [0.15, 0.2) is 15.0 Å². The fourth-order valence-electron chi connectivity index (χ4n) is 3.42. The van der Waals surface area contributed by atoms with Crippen molar-refractivity contribution < 1.29 is 13.2 Å². The van der Waals surface area contributed by atoms with Crippen LogP contribution < -0.4 is 5.32 Å². The van der Waals surface area contributed by atoms with Crippen LogP contribution in [-0.4, -0.2) is 25.1 Å². The van der Waals surface area contributed by atoms with Gasteiger partial charge in [-0.1, -0.05) is 89.7 Å². The third-order valence-corrected chi connectivity index (χ3v) is 7.99. The minimum Gasteiger partial charge on any atom is -0.302 e. The molecule has 0 radical (unpaired) electrons. The minimum absolute atomic E-state index is 0.0775. The average molecular weight is 477 g/mol. The van der Waals surface area contributed by atoms with Crippen LogP contribution in [0.4, 0.5) is 5.13 Å². The molecule has 0 fully saturated rings. The zero-order chi connectivity index (χ0) is 23.3. The molecule has 1 N–H and O–H groups in total. The SMILES string of the molecule is Cc1ccc(S(=O)(=O)CCCC(=O)Nc2nc(-c3ccccc3)c(-c3ccccc3)s2)cc1. The van der Waals surface area contributed by atoms with Gasteiger partial charge in [-0.2, -0.15) is 0 Å². The Kier molecular flexibility index (Phi) is 7.01. The Morgan fingerprint density at radius 2 is 1.48 bits per heavy atom. The molecular formula is C26H24N2O3S2. The molecule has 0 spiro atoms. The van der Waals surface area contributed by atoms with Crippen LogP contribution in [0.1, 0.15) is 18.4 Å². The van der Waals surface area contributed by atoms with Crippen molar-refractivity contribution in [3.05, 3.63) is 90.5 Å². The van der Waals surface area contributed by atoms with Crippen LogP contribution in [0.25, 0.3) is 21.7 Å². The molecule has 0 bridgehead atoms. The summed E-state index contributed by atoms with van der Waals surface area (Å²) in [6, 6.07) is 26.5. The summed E-state index contributed by atoms with van der Waals surface area (Å²) >= 11 is 1.41. The Morgan fingerprint density at radius 3 is 2.12 bits per heavy atom. The molecule has 0 aliphatic heterocycles. The van der Waals surface area contributed by atoms with Crippen molar-refractivity contribution >= 4 is 32.2 Å². The van der Waals surface area contributed by atoms with E-state index in [-0.39, 0.29) is 29.4 Å². The summed E-state index contributed by atoms with van der Waals surface area (Å²) in [5, 5.41) is 3.35. The molecule has 0 unspecified atom stereocenters. The fourth-order valence-corrected chi connectivity index (χ4v) is 5.74. The number of hydrogen-bond acceptors (Lipinski definition) is 5. The predicted molar refractivity (Wildman–Crippen MR) is 134 cm³/mol. The Balaban J connectivity index is 1.45. The van der Waals surface area contributed by atoms with Gasteiger partial charge in [0.2, 0.25) is 5.91 Å². The van der Waals surface area contributed by atoms with Crippen LogP contribution in [0, 0.1) is 6.92 Å². The van der Waals surface area contributed by atoms with Gasteiger partial charge in [0.1, 0.15) is 0 Å². The molecule has 0 saturated carbocycles. The summed E-state index contributed by atoms with van der Waals surface area (Å²) in [6.45, 7) is 1.91. The Hall–Kier alpha value is -3.29. The van der Waals surface area contributed by atoms with E-state index in [1.54, 1.807) is 24.3 Å². The molecule has 0 aliphatic carbocycles. The molecule has 4 rings (SSSR count). The molecular weight excluding hydrogens is 452 g/mol. The first-order valence-corrected chi connectivity index (χ1v) is 13.1. The van der Waals surface area contributed by atoms with Gasteiger partial charge in [0.25, 0.3) is 0 Å². The van der Waals surface area contributed by atoms with Crippen LogP contribution in [0.5, 0.6) is 0 Å². The van der Waals surface area contributed by atoms with Crippen LogP contribution in [-0.2, 0) is 14.6 Å². The first-order chi connectivity index (χ1) is 15.9. The summed E-state index contributed by atoms with van der Waals surface area (Å²) in [7, 11) is -3.41. The zero-order valence-corrected chi connectivity index (χ0v) is 19.8. The summed E-state index contributed by atoms with van der Waals surface area (Å²) in [4.78, 5) is 18.5. The third-order valence-electron chi connectivity index (χ3n) is 5.15. The van der Waals surface area contributed by atoms with Crippen molar-refractivity contribution in [2.24, 2.45) is 0 Å². The summed E-state index contributed by atoms with van der Waals surface area (Å²) in [5.74, 6) is -0.326. The van der Waals surface area contributed by atoms with Gasteiger partial charge >= 0.3 is 0 Å². The molecule has 7 heteroatoms. The standard InChI is InChI=1S/C26H24N2O3S2/c1-19-14-16-22(17-15-19)33(30,31)18-8-13-23(29)27-26-28-24(20-9-4-2-5-10-20)25(32-26)21-11-6-3-7-12-21/h2-7,9-12,14-17H,8,13,18H2,1H3,(H,27,28,29). The second kappa shape index (κ2) is 10.1. The molecule has 168 valence electrons. The topological polar surface area (TPSA) is 76.1 Å². The molecule has 4 aromatic rings. The van der Waals surface area contributed by atoms with Crippen molar-refractivity contribution in [3.8, 4) is 21.7 Å². The van der Waals surface area contributed by atoms with E-state index in [2.05, 4.69) is 10.3 Å². The molecule has 1 heterocycles. The molecule has 0 atom stereocenters. The van der Waals surface area contributed by atoms with Gasteiger partial charge in [0, 0.05) is 12.0 Å². The highest BCUT2D eigenvalue weighted by molar-refractivity contribution is 7.91. The van der Waals surface area contributed by atoms with Gasteiger partial charge in [-0.05, 0) is 31.0 Å². The lowest BCUT2D eigenvalue weighted by atomic mass is 10.1. The quantitative estimate of drug-likeness (QED) is 0.339. The minimum atomic E-state index is -3.41. The molecule has 33 heavy (non-hydrogen) atoms. The number of benzene rings is 3. The highest BCUT2D eigenvalue weighted by Gasteiger charge is 2.18. The van der Waals surface area contributed by atoms with E-state index in [1.807, 2.05) is 67.6 Å². The predicted octanol–water partition coefficient (Wildman–Crippen LogP) is 5.98. The summed E-state index contributed by atoms with van der Waals surface area (Å²) < 4.78 is 25.0. The van der Waals surface area contributed by atoms with E-state index in [0.29, 0.717) is 5.13 Å². The number of carbonyl (C=O) groups excluding carboxylic acids is 1. The Bertz CT molecular complexity index is 1270. The monoisotopic (exact) mass is 476 g/mol. The lowest BCUT2D eigenvalue weighted by molar-refractivity contribution is -0.116. The van der Waals surface area contributed by atoms with Gasteiger partial charge in [0.05, 0.1) is 21.2 Å². The van der Waals surface area contributed by atoms with Crippen LogP contribution >= 0.6 is 11.3 Å². The van der Waals surface area contributed by atoms with E-state index in [1.165, 1.54) is 11.3 Å². The normalized spacial score (nSPS) is 11.3. The molecule has 5 nitrogen and oxygen atoms in total. The van der Waals surface area contributed by atoms with Crippen molar-refractivity contribution in [2.75, 3.05) is 11.1 Å². The van der Waals surface area contributed by atoms with Gasteiger partial charge in [-0.15, -0.1) is 0 Å².